The number of hydrogen-bond donors (Lipinski definition) is 2. The van der Waals surface area contributed by atoms with Crippen LogP contribution >= 0.6 is 11.6 Å². The van der Waals surface area contributed by atoms with Crippen molar-refractivity contribution in [1.29, 1.82) is 0 Å². The van der Waals surface area contributed by atoms with Gasteiger partial charge in [-0.15, -0.1) is 0 Å². The largest absolute Gasteiger partial charge is 0.481 e. The molecule has 0 saturated heterocycles. The second kappa shape index (κ2) is 4.34. The molecule has 0 aliphatic heterocycles. The van der Waals surface area contributed by atoms with Crippen molar-refractivity contribution in [3.63, 3.8) is 0 Å². The zero-order chi connectivity index (χ0) is 11.7. The predicted molar refractivity (Wildman–Crippen MR) is 64.0 cm³/mol. The fourth-order valence-electron chi connectivity index (χ4n) is 1.91. The molecule has 0 heterocycles. The highest BCUT2D eigenvalue weighted by Gasteiger charge is 2.36. The van der Waals surface area contributed by atoms with E-state index in [9.17, 15) is 4.79 Å². The van der Waals surface area contributed by atoms with Crippen LogP contribution in [0, 0.1) is 12.8 Å². The lowest BCUT2D eigenvalue weighted by Gasteiger charge is -2.35. The second-order valence-corrected chi connectivity index (χ2v) is 4.66. The number of halogens is 1. The number of aryl methyl sites for hydroxylation is 1. The molecular weight excluding hydrogens is 226 g/mol. The quantitative estimate of drug-likeness (QED) is 0.853. The molecule has 3 nitrogen and oxygen atoms in total. The molecule has 1 aromatic carbocycles. The predicted octanol–water partition coefficient (Wildman–Crippen LogP) is 2.92. The number of nitrogens with one attached hydrogen (secondary N) is 1. The number of carbonyl (C=O) groups is 1. The van der Waals surface area contributed by atoms with E-state index in [0.29, 0.717) is 5.02 Å². The zero-order valence-electron chi connectivity index (χ0n) is 9.03. The van der Waals surface area contributed by atoms with Gasteiger partial charge in [0, 0.05) is 6.04 Å². The van der Waals surface area contributed by atoms with Gasteiger partial charge in [-0.25, -0.2) is 0 Å². The molecule has 0 radical (unpaired) electrons. The van der Waals surface area contributed by atoms with Crippen LogP contribution in [0.2, 0.25) is 5.02 Å². The third-order valence-corrected chi connectivity index (χ3v) is 3.37. The summed E-state index contributed by atoms with van der Waals surface area (Å²) in [6.07, 6.45) is 1.64. The highest BCUT2D eigenvalue weighted by atomic mass is 35.5. The molecule has 1 saturated carbocycles. The molecule has 2 N–H and O–H groups in total. The first-order valence-corrected chi connectivity index (χ1v) is 5.71. The standard InChI is InChI=1S/C12H14ClNO2/c1-7-2-4-11(9(13)6-7)14-10-5-3-8(10)12(15)16/h2,4,6,8,10,14H,3,5H2,1H3,(H,15,16). The van der Waals surface area contributed by atoms with Gasteiger partial charge in [-0.2, -0.15) is 0 Å². The summed E-state index contributed by atoms with van der Waals surface area (Å²) in [7, 11) is 0. The molecule has 2 atom stereocenters. The third-order valence-electron chi connectivity index (χ3n) is 3.06. The summed E-state index contributed by atoms with van der Waals surface area (Å²) in [4.78, 5) is 10.8. The van der Waals surface area contributed by atoms with Crippen molar-refractivity contribution in [3.8, 4) is 0 Å². The Bertz CT molecular complexity index is 419. The summed E-state index contributed by atoms with van der Waals surface area (Å²) in [5, 5.41) is 12.8. The van der Waals surface area contributed by atoms with Gasteiger partial charge in [0.05, 0.1) is 16.6 Å². The van der Waals surface area contributed by atoms with Gasteiger partial charge in [0.25, 0.3) is 0 Å². The molecule has 2 rings (SSSR count). The molecule has 86 valence electrons. The van der Waals surface area contributed by atoms with Gasteiger partial charge < -0.3 is 10.4 Å². The number of hydrogen-bond acceptors (Lipinski definition) is 2. The monoisotopic (exact) mass is 239 g/mol. The van der Waals surface area contributed by atoms with Crippen molar-refractivity contribution in [2.45, 2.75) is 25.8 Å². The van der Waals surface area contributed by atoms with Crippen LogP contribution in [-0.4, -0.2) is 17.1 Å². The van der Waals surface area contributed by atoms with E-state index in [1.807, 2.05) is 25.1 Å². The van der Waals surface area contributed by atoms with E-state index in [2.05, 4.69) is 5.32 Å². The van der Waals surface area contributed by atoms with Gasteiger partial charge in [-0.05, 0) is 37.5 Å². The molecule has 0 spiro atoms. The number of rotatable bonds is 3. The first kappa shape index (κ1) is 11.3. The van der Waals surface area contributed by atoms with Crippen LogP contribution in [0.5, 0.6) is 0 Å². The number of carboxylic acid groups (broad SMARTS) is 1. The molecular formula is C12H14ClNO2. The van der Waals surface area contributed by atoms with Crippen LogP contribution in [0.15, 0.2) is 18.2 Å². The number of anilines is 1. The fraction of sp³-hybridized carbons (Fsp3) is 0.417. The van der Waals surface area contributed by atoms with Crippen molar-refractivity contribution in [1.82, 2.24) is 0 Å². The molecule has 1 aliphatic rings. The maximum absolute atomic E-state index is 10.8. The molecule has 0 amide bonds. The summed E-state index contributed by atoms with van der Waals surface area (Å²) in [6, 6.07) is 5.74. The minimum absolute atomic E-state index is 0.0118. The van der Waals surface area contributed by atoms with Gasteiger partial charge in [-0.1, -0.05) is 17.7 Å². The molecule has 16 heavy (non-hydrogen) atoms. The van der Waals surface area contributed by atoms with Crippen LogP contribution < -0.4 is 5.32 Å². The molecule has 4 heteroatoms. The molecule has 0 aromatic heterocycles. The SMILES string of the molecule is Cc1ccc(NC2CCC2C(=O)O)c(Cl)c1. The van der Waals surface area contributed by atoms with Crippen LogP contribution in [-0.2, 0) is 4.79 Å². The van der Waals surface area contributed by atoms with E-state index in [1.54, 1.807) is 0 Å². The Hall–Kier alpha value is -1.22. The normalized spacial score (nSPS) is 23.6. The van der Waals surface area contributed by atoms with Crippen LogP contribution in [0.4, 0.5) is 5.69 Å². The van der Waals surface area contributed by atoms with Gasteiger partial charge in [0.2, 0.25) is 0 Å². The molecule has 0 bridgehead atoms. The molecule has 1 aromatic rings. The molecule has 1 aliphatic carbocycles. The van der Waals surface area contributed by atoms with E-state index in [0.717, 1.165) is 24.1 Å². The average Bonchev–Trinajstić information content (AvgIpc) is 2.13. The summed E-state index contributed by atoms with van der Waals surface area (Å²) < 4.78 is 0. The Labute approximate surface area is 99.4 Å². The van der Waals surface area contributed by atoms with Crippen molar-refractivity contribution in [2.75, 3.05) is 5.32 Å². The van der Waals surface area contributed by atoms with Crippen LogP contribution in [0.3, 0.4) is 0 Å². The Kier molecular flexibility index (Phi) is 3.06. The average molecular weight is 240 g/mol. The Morgan fingerprint density at radius 2 is 2.25 bits per heavy atom. The van der Waals surface area contributed by atoms with Crippen LogP contribution in [0.25, 0.3) is 0 Å². The fourth-order valence-corrected chi connectivity index (χ4v) is 2.19. The first-order valence-electron chi connectivity index (χ1n) is 5.33. The van der Waals surface area contributed by atoms with E-state index in [1.165, 1.54) is 0 Å². The van der Waals surface area contributed by atoms with E-state index < -0.39 is 5.97 Å². The zero-order valence-corrected chi connectivity index (χ0v) is 9.79. The molecule has 1 fully saturated rings. The van der Waals surface area contributed by atoms with Crippen molar-refractivity contribution < 1.29 is 9.90 Å². The highest BCUT2D eigenvalue weighted by molar-refractivity contribution is 6.33. The Morgan fingerprint density at radius 3 is 2.75 bits per heavy atom. The van der Waals surface area contributed by atoms with Crippen molar-refractivity contribution in [3.05, 3.63) is 28.8 Å². The van der Waals surface area contributed by atoms with Gasteiger partial charge in [0.1, 0.15) is 0 Å². The van der Waals surface area contributed by atoms with Crippen LogP contribution in [0.1, 0.15) is 18.4 Å². The summed E-state index contributed by atoms with van der Waals surface area (Å²) >= 11 is 6.07. The van der Waals surface area contributed by atoms with Gasteiger partial charge in [-0.3, -0.25) is 4.79 Å². The van der Waals surface area contributed by atoms with Gasteiger partial charge >= 0.3 is 5.97 Å². The third kappa shape index (κ3) is 2.14. The Morgan fingerprint density at radius 1 is 1.50 bits per heavy atom. The number of aliphatic carboxylic acids is 1. The smallest absolute Gasteiger partial charge is 0.308 e. The number of carboxylic acids is 1. The van der Waals surface area contributed by atoms with E-state index in [4.69, 9.17) is 16.7 Å². The maximum Gasteiger partial charge on any atom is 0.308 e. The lowest BCUT2D eigenvalue weighted by molar-refractivity contribution is -0.144. The summed E-state index contributed by atoms with van der Waals surface area (Å²) in [6.45, 7) is 1.97. The lowest BCUT2D eigenvalue weighted by Crippen LogP contribution is -2.43. The Balaban J connectivity index is 2.07. The minimum Gasteiger partial charge on any atom is -0.481 e. The minimum atomic E-state index is -0.730. The topological polar surface area (TPSA) is 49.3 Å². The van der Waals surface area contributed by atoms with Gasteiger partial charge in [0.15, 0.2) is 0 Å². The summed E-state index contributed by atoms with van der Waals surface area (Å²) in [5.41, 5.74) is 1.92. The van der Waals surface area contributed by atoms with Crippen molar-refractivity contribution in [2.24, 2.45) is 5.92 Å². The molecule has 2 unspecified atom stereocenters. The highest BCUT2D eigenvalue weighted by Crippen LogP contribution is 2.33. The van der Waals surface area contributed by atoms with E-state index >= 15 is 0 Å². The lowest BCUT2D eigenvalue weighted by atomic mass is 9.79. The second-order valence-electron chi connectivity index (χ2n) is 4.26. The summed E-state index contributed by atoms with van der Waals surface area (Å²) in [5.74, 6) is -1.01. The van der Waals surface area contributed by atoms with Crippen molar-refractivity contribution >= 4 is 23.3 Å². The number of benzene rings is 1. The van der Waals surface area contributed by atoms with E-state index in [-0.39, 0.29) is 12.0 Å². The maximum atomic E-state index is 10.8. The first-order chi connectivity index (χ1) is 7.58.